The molecule has 8 heteroatoms. The second kappa shape index (κ2) is 9.42. The van der Waals surface area contributed by atoms with Crippen LogP contribution in [0.3, 0.4) is 0 Å². The molecule has 2 heterocycles. The van der Waals surface area contributed by atoms with E-state index in [0.29, 0.717) is 23.6 Å². The fourth-order valence-electron chi connectivity index (χ4n) is 3.42. The summed E-state index contributed by atoms with van der Waals surface area (Å²) < 4.78 is 1.50. The lowest BCUT2D eigenvalue weighted by Crippen LogP contribution is -2.30. The van der Waals surface area contributed by atoms with Crippen molar-refractivity contribution in [1.29, 1.82) is 0 Å². The van der Waals surface area contributed by atoms with Crippen LogP contribution in [0.5, 0.6) is 0 Å². The molecule has 0 aliphatic heterocycles. The highest BCUT2D eigenvalue weighted by atomic mass is 16.1. The Morgan fingerprint density at radius 1 is 1.23 bits per heavy atom. The highest BCUT2D eigenvalue weighted by Crippen LogP contribution is 2.20. The Bertz CT molecular complexity index is 1140. The first-order chi connectivity index (χ1) is 14.8. The van der Waals surface area contributed by atoms with Gasteiger partial charge in [0.2, 0.25) is 5.91 Å². The van der Waals surface area contributed by atoms with Crippen molar-refractivity contribution in [1.82, 2.24) is 19.9 Å². The average Bonchev–Trinajstić information content (AvgIpc) is 2.71. The smallest absolute Gasteiger partial charge is 0.298 e. The number of rotatable bonds is 7. The highest BCUT2D eigenvalue weighted by Gasteiger charge is 2.16. The second-order valence-electron chi connectivity index (χ2n) is 7.67. The molecule has 0 radical (unpaired) electrons. The summed E-state index contributed by atoms with van der Waals surface area (Å²) in [4.78, 5) is 33.3. The molecule has 0 fully saturated rings. The summed E-state index contributed by atoms with van der Waals surface area (Å²) in [5, 5.41) is 5.98. The van der Waals surface area contributed by atoms with Crippen LogP contribution >= 0.6 is 0 Å². The van der Waals surface area contributed by atoms with Gasteiger partial charge in [-0.25, -0.2) is 9.97 Å². The van der Waals surface area contributed by atoms with Crippen molar-refractivity contribution in [2.45, 2.75) is 46.7 Å². The van der Waals surface area contributed by atoms with Crippen LogP contribution in [0.2, 0.25) is 0 Å². The molecule has 1 atom stereocenters. The minimum Gasteiger partial charge on any atom is -0.382 e. The molecule has 3 rings (SSSR count). The summed E-state index contributed by atoms with van der Waals surface area (Å²) in [6.45, 7) is 7.37. The summed E-state index contributed by atoms with van der Waals surface area (Å²) in [5.41, 5.74) is 9.62. The van der Waals surface area contributed by atoms with Crippen LogP contribution in [-0.2, 0) is 17.8 Å². The number of nitrogens with one attached hydrogen (secondary N) is 2. The largest absolute Gasteiger partial charge is 0.382 e. The lowest BCUT2D eigenvalue weighted by molar-refractivity contribution is -0.119. The predicted molar refractivity (Wildman–Crippen MR) is 122 cm³/mol. The number of amides is 1. The molecule has 3 aromatic rings. The molecule has 162 valence electrons. The number of nitrogens with zero attached hydrogens (tertiary/aromatic N) is 3. The van der Waals surface area contributed by atoms with E-state index >= 15 is 0 Å². The zero-order valence-corrected chi connectivity index (χ0v) is 18.3. The van der Waals surface area contributed by atoms with Crippen LogP contribution in [0.1, 0.15) is 36.4 Å². The van der Waals surface area contributed by atoms with Gasteiger partial charge in [-0.1, -0.05) is 30.3 Å². The fraction of sp³-hybridized carbons (Fsp3) is 0.304. The minimum atomic E-state index is -0.303. The molecule has 0 spiro atoms. The lowest BCUT2D eigenvalue weighted by Gasteiger charge is -2.18. The Morgan fingerprint density at radius 3 is 2.61 bits per heavy atom. The van der Waals surface area contributed by atoms with Crippen molar-refractivity contribution < 1.29 is 4.79 Å². The lowest BCUT2D eigenvalue weighted by atomic mass is 10.1. The van der Waals surface area contributed by atoms with E-state index in [4.69, 9.17) is 5.73 Å². The average molecular weight is 421 g/mol. The van der Waals surface area contributed by atoms with Gasteiger partial charge >= 0.3 is 0 Å². The van der Waals surface area contributed by atoms with E-state index in [2.05, 4.69) is 20.6 Å². The Kier molecular flexibility index (Phi) is 6.69. The summed E-state index contributed by atoms with van der Waals surface area (Å²) in [7, 11) is 0. The summed E-state index contributed by atoms with van der Waals surface area (Å²) in [5.74, 6) is 0.343. The molecule has 2 aromatic heterocycles. The van der Waals surface area contributed by atoms with Crippen molar-refractivity contribution >= 4 is 17.5 Å². The Labute approximate surface area is 181 Å². The number of nitrogens with two attached hydrogens (primary N) is 1. The van der Waals surface area contributed by atoms with Crippen LogP contribution in [0, 0.1) is 13.8 Å². The standard InChI is InChI=1S/C23H28N6O2/c1-14(10-18-8-6-5-7-9-18)27-22-23(31)29(15(2)12-26-22)20-11-19(13-25-17(4)30)16(3)28-21(20)24/h5-9,11-12,14H,10,13H2,1-4H3,(H2,24,28)(H,25,30)(H,26,27)/t14-/m1/s1. The summed E-state index contributed by atoms with van der Waals surface area (Å²) >= 11 is 0. The number of aromatic nitrogens is 3. The predicted octanol–water partition coefficient (Wildman–Crippen LogP) is 2.51. The molecule has 1 aromatic carbocycles. The molecule has 0 unspecified atom stereocenters. The van der Waals surface area contributed by atoms with Crippen LogP contribution < -0.4 is 21.9 Å². The number of carbonyl (C=O) groups is 1. The molecular formula is C23H28N6O2. The van der Waals surface area contributed by atoms with Gasteiger partial charge in [-0.05, 0) is 44.4 Å². The zero-order chi connectivity index (χ0) is 22.5. The third-order valence-corrected chi connectivity index (χ3v) is 5.00. The minimum absolute atomic E-state index is 0.00238. The Morgan fingerprint density at radius 2 is 1.94 bits per heavy atom. The molecular weight excluding hydrogens is 392 g/mol. The third kappa shape index (κ3) is 5.28. The molecule has 4 N–H and O–H groups in total. The number of hydrogen-bond donors (Lipinski definition) is 3. The maximum absolute atomic E-state index is 13.3. The van der Waals surface area contributed by atoms with Crippen molar-refractivity contribution in [3.8, 4) is 5.69 Å². The molecule has 0 saturated heterocycles. The number of hydrogen-bond acceptors (Lipinski definition) is 6. The van der Waals surface area contributed by atoms with Gasteiger partial charge in [-0.15, -0.1) is 0 Å². The van der Waals surface area contributed by atoms with Gasteiger partial charge in [0, 0.05) is 37.1 Å². The van der Waals surface area contributed by atoms with E-state index in [0.717, 1.165) is 12.0 Å². The zero-order valence-electron chi connectivity index (χ0n) is 18.3. The van der Waals surface area contributed by atoms with Gasteiger partial charge in [0.15, 0.2) is 5.82 Å². The van der Waals surface area contributed by atoms with E-state index in [1.165, 1.54) is 17.1 Å². The van der Waals surface area contributed by atoms with Gasteiger partial charge in [0.25, 0.3) is 5.56 Å². The van der Waals surface area contributed by atoms with Crippen molar-refractivity contribution in [2.24, 2.45) is 0 Å². The SMILES string of the molecule is CC(=O)NCc1cc(-n2c(C)cnc(N[C@H](C)Cc3ccccc3)c2=O)c(N)nc1C. The maximum Gasteiger partial charge on any atom is 0.298 e. The van der Waals surface area contributed by atoms with Gasteiger partial charge in [0.05, 0.1) is 5.69 Å². The van der Waals surface area contributed by atoms with Crippen LogP contribution in [0.15, 0.2) is 47.4 Å². The molecule has 1 amide bonds. The Hall–Kier alpha value is -3.68. The number of nitrogen functional groups attached to an aromatic ring is 1. The quantitative estimate of drug-likeness (QED) is 0.541. The van der Waals surface area contributed by atoms with Gasteiger partial charge < -0.3 is 16.4 Å². The monoisotopic (exact) mass is 420 g/mol. The topological polar surface area (TPSA) is 115 Å². The third-order valence-electron chi connectivity index (χ3n) is 5.00. The van der Waals surface area contributed by atoms with Gasteiger partial charge in [-0.2, -0.15) is 0 Å². The molecule has 31 heavy (non-hydrogen) atoms. The number of anilines is 2. The normalized spacial score (nSPS) is 11.7. The van der Waals surface area contributed by atoms with Crippen molar-refractivity contribution in [3.63, 3.8) is 0 Å². The van der Waals surface area contributed by atoms with E-state index in [1.807, 2.05) is 44.2 Å². The first-order valence-corrected chi connectivity index (χ1v) is 10.2. The first-order valence-electron chi connectivity index (χ1n) is 10.2. The molecule has 0 aliphatic rings. The Balaban J connectivity index is 1.94. The number of pyridine rings is 1. The number of aryl methyl sites for hydroxylation is 2. The molecule has 8 nitrogen and oxygen atoms in total. The maximum atomic E-state index is 13.3. The van der Waals surface area contributed by atoms with Gasteiger partial charge in [-0.3, -0.25) is 14.2 Å². The molecule has 0 saturated carbocycles. The summed E-state index contributed by atoms with van der Waals surface area (Å²) in [6.07, 6.45) is 2.39. The van der Waals surface area contributed by atoms with E-state index in [1.54, 1.807) is 19.2 Å². The van der Waals surface area contributed by atoms with Crippen molar-refractivity contribution in [3.05, 3.63) is 75.5 Å². The highest BCUT2D eigenvalue weighted by molar-refractivity contribution is 5.73. The molecule has 0 bridgehead atoms. The van der Waals surface area contributed by atoms with Crippen LogP contribution in [0.4, 0.5) is 11.6 Å². The van der Waals surface area contributed by atoms with E-state index in [-0.39, 0.29) is 29.1 Å². The van der Waals surface area contributed by atoms with Crippen molar-refractivity contribution in [2.75, 3.05) is 11.1 Å². The van der Waals surface area contributed by atoms with Gasteiger partial charge in [0.1, 0.15) is 5.82 Å². The van der Waals surface area contributed by atoms with E-state index < -0.39 is 0 Å². The van der Waals surface area contributed by atoms with Crippen LogP contribution in [0.25, 0.3) is 5.69 Å². The number of carbonyl (C=O) groups excluding carboxylic acids is 1. The van der Waals surface area contributed by atoms with Crippen LogP contribution in [-0.4, -0.2) is 26.5 Å². The summed E-state index contributed by atoms with van der Waals surface area (Å²) in [6, 6.07) is 11.8. The number of benzene rings is 1. The van der Waals surface area contributed by atoms with E-state index in [9.17, 15) is 9.59 Å². The second-order valence-corrected chi connectivity index (χ2v) is 7.67. The fourth-order valence-corrected chi connectivity index (χ4v) is 3.42. The molecule has 0 aliphatic carbocycles. The first kappa shape index (κ1) is 22.0.